The van der Waals surface area contributed by atoms with Gasteiger partial charge >= 0.3 is 6.18 Å². The van der Waals surface area contributed by atoms with E-state index in [9.17, 15) is 18.0 Å². The number of halogens is 4. The van der Waals surface area contributed by atoms with Crippen molar-refractivity contribution in [3.8, 4) is 5.69 Å². The third kappa shape index (κ3) is 4.68. The Morgan fingerprint density at radius 3 is 2.56 bits per heavy atom. The van der Waals surface area contributed by atoms with E-state index >= 15 is 0 Å². The van der Waals surface area contributed by atoms with E-state index in [2.05, 4.69) is 10.3 Å². The Hall–Kier alpha value is -2.80. The Balaban J connectivity index is 1.78. The molecule has 0 aliphatic carbocycles. The van der Waals surface area contributed by atoms with Gasteiger partial charge in [-0.05, 0) is 42.3 Å². The van der Waals surface area contributed by atoms with Gasteiger partial charge < -0.3 is 5.32 Å². The molecule has 0 atom stereocenters. The number of nitrogens with one attached hydrogen (secondary N) is 1. The van der Waals surface area contributed by atoms with Gasteiger partial charge in [0.15, 0.2) is 5.82 Å². The Morgan fingerprint density at radius 2 is 1.85 bits per heavy atom. The van der Waals surface area contributed by atoms with E-state index in [1.807, 2.05) is 12.1 Å². The largest absolute Gasteiger partial charge is 0.416 e. The first-order chi connectivity index (χ1) is 12.8. The van der Waals surface area contributed by atoms with Crippen LogP contribution in [0.25, 0.3) is 5.69 Å². The summed E-state index contributed by atoms with van der Waals surface area (Å²) in [7, 11) is 0. The van der Waals surface area contributed by atoms with Gasteiger partial charge in [-0.25, -0.2) is 4.98 Å². The van der Waals surface area contributed by atoms with Gasteiger partial charge in [0.25, 0.3) is 5.56 Å². The van der Waals surface area contributed by atoms with Crippen molar-refractivity contribution in [3.63, 3.8) is 0 Å². The molecule has 0 spiro atoms. The molecule has 3 rings (SSSR count). The van der Waals surface area contributed by atoms with Crippen molar-refractivity contribution in [2.24, 2.45) is 0 Å². The van der Waals surface area contributed by atoms with Crippen LogP contribution in [0.1, 0.15) is 11.1 Å². The fraction of sp³-hybridized carbons (Fsp3) is 0.158. The number of rotatable bonds is 5. The van der Waals surface area contributed by atoms with Crippen LogP contribution in [-0.2, 0) is 12.6 Å². The van der Waals surface area contributed by atoms with E-state index in [1.54, 1.807) is 12.1 Å². The molecule has 0 fully saturated rings. The maximum absolute atomic E-state index is 12.9. The summed E-state index contributed by atoms with van der Waals surface area (Å²) in [6.07, 6.45) is -1.14. The first kappa shape index (κ1) is 19.0. The highest BCUT2D eigenvalue weighted by Crippen LogP contribution is 2.30. The first-order valence-electron chi connectivity index (χ1n) is 8.08. The molecule has 27 heavy (non-hydrogen) atoms. The minimum absolute atomic E-state index is 0.0730. The Kier molecular flexibility index (Phi) is 5.51. The first-order valence-corrected chi connectivity index (χ1v) is 8.46. The molecule has 140 valence electrons. The topological polar surface area (TPSA) is 46.9 Å². The smallest absolute Gasteiger partial charge is 0.365 e. The van der Waals surface area contributed by atoms with Crippen LogP contribution in [0, 0.1) is 0 Å². The zero-order valence-electron chi connectivity index (χ0n) is 14.0. The maximum atomic E-state index is 12.9. The van der Waals surface area contributed by atoms with Crippen LogP contribution in [-0.4, -0.2) is 16.1 Å². The quantitative estimate of drug-likeness (QED) is 0.691. The van der Waals surface area contributed by atoms with Crippen molar-refractivity contribution in [2.45, 2.75) is 12.6 Å². The summed E-state index contributed by atoms with van der Waals surface area (Å²) in [5, 5.41) is 3.57. The van der Waals surface area contributed by atoms with E-state index in [1.165, 1.54) is 24.5 Å². The zero-order chi connectivity index (χ0) is 19.4. The van der Waals surface area contributed by atoms with E-state index in [0.717, 1.165) is 22.3 Å². The normalized spacial score (nSPS) is 11.4. The van der Waals surface area contributed by atoms with Crippen molar-refractivity contribution in [2.75, 3.05) is 11.9 Å². The summed E-state index contributed by atoms with van der Waals surface area (Å²) in [6, 6.07) is 11.9. The Bertz CT molecular complexity index is 984. The highest BCUT2D eigenvalue weighted by molar-refractivity contribution is 6.30. The van der Waals surface area contributed by atoms with E-state index in [-0.39, 0.29) is 11.5 Å². The molecule has 2 aromatic carbocycles. The standard InChI is InChI=1S/C19H15ClF3N3O/c20-15-6-4-13(5-7-15)8-9-24-17-18(27)26(11-10-25-17)16-3-1-2-14(12-16)19(21,22)23/h1-7,10-12H,8-9H2,(H,24,25). The van der Waals surface area contributed by atoms with Gasteiger partial charge in [-0.1, -0.05) is 29.8 Å². The molecule has 0 saturated heterocycles. The molecule has 0 aliphatic heterocycles. The highest BCUT2D eigenvalue weighted by Gasteiger charge is 2.30. The lowest BCUT2D eigenvalue weighted by molar-refractivity contribution is -0.137. The number of hydrogen-bond donors (Lipinski definition) is 1. The predicted octanol–water partition coefficient (Wildman–Crippen LogP) is 4.56. The van der Waals surface area contributed by atoms with Gasteiger partial charge in [-0.15, -0.1) is 0 Å². The van der Waals surface area contributed by atoms with Crippen LogP contribution in [0.4, 0.5) is 19.0 Å². The van der Waals surface area contributed by atoms with Gasteiger partial charge in [0.05, 0.1) is 5.56 Å². The molecule has 1 N–H and O–H groups in total. The Labute approximate surface area is 158 Å². The van der Waals surface area contributed by atoms with Crippen LogP contribution in [0.5, 0.6) is 0 Å². The SMILES string of the molecule is O=c1c(NCCc2ccc(Cl)cc2)nccn1-c1cccc(C(F)(F)F)c1. The van der Waals surface area contributed by atoms with E-state index in [4.69, 9.17) is 11.6 Å². The summed E-state index contributed by atoms with van der Waals surface area (Å²) in [5.41, 5.74) is -0.187. The van der Waals surface area contributed by atoms with Crippen LogP contribution < -0.4 is 10.9 Å². The number of anilines is 1. The second-order valence-corrected chi connectivity index (χ2v) is 6.24. The molecule has 0 unspecified atom stereocenters. The molecule has 0 radical (unpaired) electrons. The average Bonchev–Trinajstić information content (AvgIpc) is 2.64. The molecule has 1 aromatic heterocycles. The second-order valence-electron chi connectivity index (χ2n) is 5.80. The number of benzene rings is 2. The van der Waals surface area contributed by atoms with Crippen molar-refractivity contribution >= 4 is 17.4 Å². The summed E-state index contributed by atoms with van der Waals surface area (Å²) < 4.78 is 39.8. The van der Waals surface area contributed by atoms with Crippen LogP contribution >= 0.6 is 11.6 Å². The van der Waals surface area contributed by atoms with Crippen molar-refractivity contribution in [3.05, 3.63) is 87.4 Å². The number of hydrogen-bond acceptors (Lipinski definition) is 3. The lowest BCUT2D eigenvalue weighted by Crippen LogP contribution is -2.24. The lowest BCUT2D eigenvalue weighted by atomic mass is 10.1. The molecular formula is C19H15ClF3N3O. The number of nitrogens with zero attached hydrogens (tertiary/aromatic N) is 2. The monoisotopic (exact) mass is 393 g/mol. The van der Waals surface area contributed by atoms with Gasteiger partial charge in [-0.2, -0.15) is 13.2 Å². The fourth-order valence-corrected chi connectivity index (χ4v) is 2.67. The minimum Gasteiger partial charge on any atom is -0.365 e. The van der Waals surface area contributed by atoms with Gasteiger partial charge in [-0.3, -0.25) is 9.36 Å². The Morgan fingerprint density at radius 1 is 1.11 bits per heavy atom. The number of aromatic nitrogens is 2. The zero-order valence-corrected chi connectivity index (χ0v) is 14.8. The predicted molar refractivity (Wildman–Crippen MR) is 98.5 cm³/mol. The van der Waals surface area contributed by atoms with Gasteiger partial charge in [0, 0.05) is 29.6 Å². The molecule has 1 heterocycles. The number of alkyl halides is 3. The van der Waals surface area contributed by atoms with E-state index in [0.29, 0.717) is 18.0 Å². The van der Waals surface area contributed by atoms with Crippen molar-refractivity contribution in [1.29, 1.82) is 0 Å². The van der Waals surface area contributed by atoms with Gasteiger partial charge in [0.1, 0.15) is 0 Å². The van der Waals surface area contributed by atoms with Gasteiger partial charge in [0.2, 0.25) is 0 Å². The molecule has 0 saturated carbocycles. The second kappa shape index (κ2) is 7.84. The molecule has 8 heteroatoms. The maximum Gasteiger partial charge on any atom is 0.416 e. The molecule has 0 bridgehead atoms. The average molecular weight is 394 g/mol. The summed E-state index contributed by atoms with van der Waals surface area (Å²) in [4.78, 5) is 16.5. The van der Waals surface area contributed by atoms with Crippen LogP contribution in [0.2, 0.25) is 5.02 Å². The van der Waals surface area contributed by atoms with Crippen LogP contribution in [0.15, 0.2) is 65.7 Å². The summed E-state index contributed by atoms with van der Waals surface area (Å²) in [6.45, 7) is 0.441. The van der Waals surface area contributed by atoms with Crippen molar-refractivity contribution < 1.29 is 13.2 Å². The van der Waals surface area contributed by atoms with Crippen LogP contribution in [0.3, 0.4) is 0 Å². The molecular weight excluding hydrogens is 379 g/mol. The third-order valence-corrected chi connectivity index (χ3v) is 4.16. The summed E-state index contributed by atoms with van der Waals surface area (Å²) in [5.74, 6) is 0.0730. The third-order valence-electron chi connectivity index (χ3n) is 3.91. The molecule has 0 aliphatic rings. The summed E-state index contributed by atoms with van der Waals surface area (Å²) >= 11 is 5.84. The molecule has 4 nitrogen and oxygen atoms in total. The molecule has 3 aromatic rings. The lowest BCUT2D eigenvalue weighted by Gasteiger charge is -2.12. The fourth-order valence-electron chi connectivity index (χ4n) is 2.54. The van der Waals surface area contributed by atoms with Crippen molar-refractivity contribution in [1.82, 2.24) is 9.55 Å². The minimum atomic E-state index is -4.48. The van der Waals surface area contributed by atoms with E-state index < -0.39 is 17.3 Å². The highest BCUT2D eigenvalue weighted by atomic mass is 35.5. The molecule has 0 amide bonds.